The second-order valence-electron chi connectivity index (χ2n) is 6.22. The van der Waals surface area contributed by atoms with Crippen LogP contribution >= 0.6 is 0 Å². The Balaban J connectivity index is 1.66. The number of aromatic nitrogens is 1. The fourth-order valence-corrected chi connectivity index (χ4v) is 3.26. The quantitative estimate of drug-likeness (QED) is 0.895. The zero-order valence-corrected chi connectivity index (χ0v) is 12.4. The van der Waals surface area contributed by atoms with Gasteiger partial charge in [-0.1, -0.05) is 6.07 Å². The Labute approximate surface area is 124 Å². The molecule has 2 saturated heterocycles. The molecule has 3 heterocycles. The molecular formula is C16H22N2O3. The lowest BCUT2D eigenvalue weighted by Gasteiger charge is -2.40. The molecule has 2 fully saturated rings. The average Bonchev–Trinajstić information content (AvgIpc) is 2.96. The van der Waals surface area contributed by atoms with Gasteiger partial charge in [-0.3, -0.25) is 9.78 Å². The highest BCUT2D eigenvalue weighted by molar-refractivity contribution is 5.85. The predicted molar refractivity (Wildman–Crippen MR) is 77.5 cm³/mol. The fourth-order valence-electron chi connectivity index (χ4n) is 3.26. The molecule has 5 nitrogen and oxygen atoms in total. The minimum Gasteiger partial charge on any atom is -0.383 e. The molecule has 2 aliphatic rings. The Kier molecular flexibility index (Phi) is 3.71. The number of hydrogen-bond donors (Lipinski definition) is 1. The first kappa shape index (κ1) is 14.5. The van der Waals surface area contributed by atoms with Crippen molar-refractivity contribution in [3.63, 3.8) is 0 Å². The summed E-state index contributed by atoms with van der Waals surface area (Å²) in [5.74, 6) is 0.0584. The molecule has 1 atom stereocenters. The van der Waals surface area contributed by atoms with Gasteiger partial charge in [-0.25, -0.2) is 0 Å². The van der Waals surface area contributed by atoms with E-state index in [0.29, 0.717) is 38.2 Å². The third-order valence-corrected chi connectivity index (χ3v) is 4.69. The number of nitrogens with zero attached hydrogens (tertiary/aromatic N) is 2. The molecule has 1 aromatic heterocycles. The molecule has 0 unspecified atom stereocenters. The molecular weight excluding hydrogens is 268 g/mol. The number of likely N-dealkylation sites (tertiary alicyclic amines) is 1. The van der Waals surface area contributed by atoms with Crippen LogP contribution in [0.3, 0.4) is 0 Å². The maximum absolute atomic E-state index is 12.6. The van der Waals surface area contributed by atoms with Crippen molar-refractivity contribution in [1.82, 2.24) is 9.88 Å². The van der Waals surface area contributed by atoms with Crippen LogP contribution in [0.1, 0.15) is 38.3 Å². The Morgan fingerprint density at radius 3 is 2.67 bits per heavy atom. The molecule has 0 spiro atoms. The van der Waals surface area contributed by atoms with Crippen molar-refractivity contribution in [2.75, 3.05) is 19.7 Å². The van der Waals surface area contributed by atoms with Gasteiger partial charge in [-0.15, -0.1) is 0 Å². The lowest BCUT2D eigenvalue weighted by molar-refractivity contribution is -0.155. The third kappa shape index (κ3) is 2.68. The van der Waals surface area contributed by atoms with E-state index in [0.717, 1.165) is 12.8 Å². The van der Waals surface area contributed by atoms with Crippen molar-refractivity contribution < 1.29 is 14.6 Å². The summed E-state index contributed by atoms with van der Waals surface area (Å²) in [5.41, 5.74) is -0.893. The Bertz CT molecular complexity index is 504. The number of rotatable bonds is 2. The monoisotopic (exact) mass is 290 g/mol. The van der Waals surface area contributed by atoms with Crippen LogP contribution in [0.15, 0.2) is 24.4 Å². The summed E-state index contributed by atoms with van der Waals surface area (Å²) in [6.45, 7) is 3.63. The Morgan fingerprint density at radius 1 is 1.33 bits per heavy atom. The van der Waals surface area contributed by atoms with Crippen molar-refractivity contribution in [2.24, 2.45) is 0 Å². The average molecular weight is 290 g/mol. The first-order valence-electron chi connectivity index (χ1n) is 7.61. The summed E-state index contributed by atoms with van der Waals surface area (Å²) in [7, 11) is 0. The van der Waals surface area contributed by atoms with Gasteiger partial charge in [-0.05, 0) is 44.7 Å². The maximum atomic E-state index is 12.6. The first-order chi connectivity index (χ1) is 10.0. The molecule has 21 heavy (non-hydrogen) atoms. The molecule has 2 aliphatic heterocycles. The van der Waals surface area contributed by atoms with E-state index in [9.17, 15) is 9.90 Å². The van der Waals surface area contributed by atoms with Crippen molar-refractivity contribution in [2.45, 2.75) is 43.8 Å². The Hall–Kier alpha value is -1.46. The number of piperidine rings is 1. The number of pyridine rings is 1. The van der Waals surface area contributed by atoms with Crippen molar-refractivity contribution in [3.05, 3.63) is 30.1 Å². The summed E-state index contributed by atoms with van der Waals surface area (Å²) >= 11 is 0. The second-order valence-corrected chi connectivity index (χ2v) is 6.22. The normalized spacial score (nSPS) is 28.6. The van der Waals surface area contributed by atoms with Crippen LogP contribution in [0.25, 0.3) is 0 Å². The highest BCUT2D eigenvalue weighted by Crippen LogP contribution is 2.34. The first-order valence-corrected chi connectivity index (χ1v) is 7.61. The molecule has 1 aromatic rings. The van der Waals surface area contributed by atoms with E-state index in [4.69, 9.17) is 4.74 Å². The van der Waals surface area contributed by atoms with Crippen molar-refractivity contribution >= 4 is 5.91 Å². The third-order valence-electron chi connectivity index (χ3n) is 4.69. The van der Waals surface area contributed by atoms with Crippen LogP contribution in [0.2, 0.25) is 0 Å². The summed E-state index contributed by atoms with van der Waals surface area (Å²) in [6, 6.07) is 5.56. The van der Waals surface area contributed by atoms with Gasteiger partial charge in [-0.2, -0.15) is 0 Å². The summed E-state index contributed by atoms with van der Waals surface area (Å²) < 4.78 is 5.63. The minimum atomic E-state index is -0.921. The maximum Gasteiger partial charge on any atom is 0.254 e. The summed E-state index contributed by atoms with van der Waals surface area (Å²) in [5, 5.41) is 10.7. The van der Waals surface area contributed by atoms with E-state index >= 15 is 0 Å². The topological polar surface area (TPSA) is 62.7 Å². The predicted octanol–water partition coefficient (Wildman–Crippen LogP) is 1.46. The molecule has 0 aromatic carbocycles. The minimum absolute atomic E-state index is 0.0584. The van der Waals surface area contributed by atoms with Gasteiger partial charge in [0.1, 0.15) is 11.2 Å². The number of carbonyl (C=O) groups is 1. The molecule has 1 N–H and O–H groups in total. The van der Waals surface area contributed by atoms with Crippen LogP contribution in [-0.2, 0) is 15.1 Å². The number of amides is 1. The van der Waals surface area contributed by atoms with E-state index in [1.165, 1.54) is 0 Å². The van der Waals surface area contributed by atoms with Gasteiger partial charge in [0.05, 0.1) is 5.69 Å². The van der Waals surface area contributed by atoms with Crippen LogP contribution in [0.5, 0.6) is 0 Å². The van der Waals surface area contributed by atoms with Crippen LogP contribution in [0, 0.1) is 0 Å². The number of aliphatic hydroxyl groups is 1. The smallest absolute Gasteiger partial charge is 0.254 e. The lowest BCUT2D eigenvalue weighted by Crippen LogP contribution is -2.52. The number of carbonyl (C=O) groups excluding carboxylic acids is 1. The standard InChI is InChI=1S/C16H22N2O3/c1-15(6-4-12-21-15)14(19)18-10-7-16(20,8-11-18)13-5-2-3-9-17-13/h2-3,5,9,20H,4,6-8,10-12H2,1H3/t15-/m0/s1. The van der Waals surface area contributed by atoms with Crippen molar-refractivity contribution in [1.29, 1.82) is 0 Å². The van der Waals surface area contributed by atoms with Gasteiger partial charge in [0, 0.05) is 25.9 Å². The zero-order valence-electron chi connectivity index (χ0n) is 12.4. The van der Waals surface area contributed by atoms with Crippen LogP contribution < -0.4 is 0 Å². The van der Waals surface area contributed by atoms with Crippen molar-refractivity contribution in [3.8, 4) is 0 Å². The highest BCUT2D eigenvalue weighted by atomic mass is 16.5. The van der Waals surface area contributed by atoms with Gasteiger partial charge < -0.3 is 14.7 Å². The van der Waals surface area contributed by atoms with E-state index in [-0.39, 0.29) is 5.91 Å². The van der Waals surface area contributed by atoms with Crippen LogP contribution in [-0.4, -0.2) is 46.2 Å². The fraction of sp³-hybridized carbons (Fsp3) is 0.625. The lowest BCUT2D eigenvalue weighted by atomic mass is 9.87. The summed E-state index contributed by atoms with van der Waals surface area (Å²) in [6.07, 6.45) is 4.46. The van der Waals surface area contributed by atoms with Gasteiger partial charge in [0.25, 0.3) is 5.91 Å². The van der Waals surface area contributed by atoms with Crippen LogP contribution in [0.4, 0.5) is 0 Å². The highest BCUT2D eigenvalue weighted by Gasteiger charge is 2.44. The van der Waals surface area contributed by atoms with E-state index in [1.807, 2.05) is 30.0 Å². The number of hydrogen-bond acceptors (Lipinski definition) is 4. The molecule has 3 rings (SSSR count). The van der Waals surface area contributed by atoms with Gasteiger partial charge >= 0.3 is 0 Å². The molecule has 0 aliphatic carbocycles. The zero-order chi connectivity index (χ0) is 14.9. The molecule has 1 amide bonds. The molecule has 0 saturated carbocycles. The largest absolute Gasteiger partial charge is 0.383 e. The molecule has 0 radical (unpaired) electrons. The van der Waals surface area contributed by atoms with Gasteiger partial charge in [0.15, 0.2) is 0 Å². The molecule has 114 valence electrons. The molecule has 5 heteroatoms. The Morgan fingerprint density at radius 2 is 2.10 bits per heavy atom. The van der Waals surface area contributed by atoms with E-state index in [1.54, 1.807) is 6.20 Å². The second kappa shape index (κ2) is 5.39. The summed E-state index contributed by atoms with van der Waals surface area (Å²) in [4.78, 5) is 18.7. The molecule has 0 bridgehead atoms. The SMILES string of the molecule is C[C@@]1(C(=O)N2CCC(O)(c3ccccn3)CC2)CCCO1. The number of ether oxygens (including phenoxy) is 1. The van der Waals surface area contributed by atoms with E-state index in [2.05, 4.69) is 4.98 Å². The van der Waals surface area contributed by atoms with Gasteiger partial charge in [0.2, 0.25) is 0 Å². The van der Waals surface area contributed by atoms with E-state index < -0.39 is 11.2 Å².